The fourth-order valence-electron chi connectivity index (χ4n) is 2.13. The van der Waals surface area contributed by atoms with Crippen molar-refractivity contribution >= 4 is 11.6 Å². The van der Waals surface area contributed by atoms with Crippen molar-refractivity contribution < 1.29 is 14.3 Å². The van der Waals surface area contributed by atoms with E-state index in [1.54, 1.807) is 12.0 Å². The van der Waals surface area contributed by atoms with Gasteiger partial charge in [-0.2, -0.15) is 0 Å². The Balaban J connectivity index is 2.27. The Bertz CT molecular complexity index is 420. The van der Waals surface area contributed by atoms with Gasteiger partial charge in [-0.25, -0.2) is 0 Å². The molecule has 1 unspecified atom stereocenters. The number of amides is 1. The maximum atomic E-state index is 12.0. The smallest absolute Gasteiger partial charge is 0.253 e. The van der Waals surface area contributed by atoms with Gasteiger partial charge in [0.25, 0.3) is 5.91 Å². The molecule has 0 saturated carbocycles. The molecule has 1 amide bonds. The lowest BCUT2D eigenvalue weighted by molar-refractivity contribution is -0.127. The van der Waals surface area contributed by atoms with Gasteiger partial charge in [-0.05, 0) is 19.2 Å². The Hall–Kier alpha value is -1.59. The minimum atomic E-state index is -0.0187. The average molecular weight is 250 g/mol. The number of hydrogen-bond donors (Lipinski definition) is 1. The van der Waals surface area contributed by atoms with Gasteiger partial charge in [0.05, 0.1) is 19.8 Å². The van der Waals surface area contributed by atoms with E-state index in [2.05, 4.69) is 5.32 Å². The van der Waals surface area contributed by atoms with Crippen LogP contribution in [0, 0.1) is 0 Å². The molecule has 2 rings (SSSR count). The molecule has 0 radical (unpaired) electrons. The van der Waals surface area contributed by atoms with Crippen molar-refractivity contribution in [3.8, 4) is 5.75 Å². The van der Waals surface area contributed by atoms with Crippen molar-refractivity contribution in [2.75, 3.05) is 38.8 Å². The highest BCUT2D eigenvalue weighted by atomic mass is 16.5. The molecule has 1 aromatic rings. The largest absolute Gasteiger partial charge is 0.497 e. The number of anilines is 1. The molecule has 0 aromatic heterocycles. The van der Waals surface area contributed by atoms with Crippen molar-refractivity contribution in [2.24, 2.45) is 0 Å². The third-order valence-corrected chi connectivity index (χ3v) is 2.94. The lowest BCUT2D eigenvalue weighted by atomic mass is 10.1. The van der Waals surface area contributed by atoms with E-state index in [0.717, 1.165) is 11.4 Å². The van der Waals surface area contributed by atoms with E-state index < -0.39 is 0 Å². The van der Waals surface area contributed by atoms with Crippen LogP contribution in [0.1, 0.15) is 0 Å². The number of carbonyl (C=O) groups is 1. The van der Waals surface area contributed by atoms with Crippen molar-refractivity contribution in [3.63, 3.8) is 0 Å². The molecule has 0 bridgehead atoms. The van der Waals surface area contributed by atoms with Crippen molar-refractivity contribution in [1.82, 2.24) is 5.32 Å². The Kier molecular flexibility index (Phi) is 4.17. The zero-order valence-corrected chi connectivity index (χ0v) is 10.7. The van der Waals surface area contributed by atoms with Gasteiger partial charge in [0.2, 0.25) is 0 Å². The number of ether oxygens (including phenoxy) is 2. The first-order chi connectivity index (χ1) is 8.76. The first-order valence-electron chi connectivity index (χ1n) is 5.94. The maximum absolute atomic E-state index is 12.0. The SMILES string of the molecule is CNCC1COCC(=O)N1c1cccc(OC)c1. The number of nitrogens with zero attached hydrogens (tertiary/aromatic N) is 1. The summed E-state index contributed by atoms with van der Waals surface area (Å²) >= 11 is 0. The van der Waals surface area contributed by atoms with Crippen LogP contribution in [0.25, 0.3) is 0 Å². The monoisotopic (exact) mass is 250 g/mol. The maximum Gasteiger partial charge on any atom is 0.253 e. The van der Waals surface area contributed by atoms with E-state index in [-0.39, 0.29) is 18.6 Å². The normalized spacial score (nSPS) is 20.0. The molecule has 1 atom stereocenters. The number of likely N-dealkylation sites (N-methyl/N-ethyl adjacent to an activating group) is 1. The molecule has 18 heavy (non-hydrogen) atoms. The number of nitrogens with one attached hydrogen (secondary N) is 1. The first kappa shape index (κ1) is 12.9. The molecule has 1 aromatic carbocycles. The summed E-state index contributed by atoms with van der Waals surface area (Å²) in [5.41, 5.74) is 0.850. The summed E-state index contributed by atoms with van der Waals surface area (Å²) in [7, 11) is 3.48. The van der Waals surface area contributed by atoms with Crippen LogP contribution in [0.4, 0.5) is 5.69 Å². The predicted molar refractivity (Wildman–Crippen MR) is 69.0 cm³/mol. The van der Waals surface area contributed by atoms with E-state index in [4.69, 9.17) is 9.47 Å². The van der Waals surface area contributed by atoms with Crippen LogP contribution in [0.15, 0.2) is 24.3 Å². The van der Waals surface area contributed by atoms with Crippen molar-refractivity contribution in [2.45, 2.75) is 6.04 Å². The van der Waals surface area contributed by atoms with E-state index in [9.17, 15) is 4.79 Å². The van der Waals surface area contributed by atoms with Gasteiger partial charge in [0.1, 0.15) is 12.4 Å². The second-order valence-electron chi connectivity index (χ2n) is 4.19. The second kappa shape index (κ2) is 5.84. The van der Waals surface area contributed by atoms with E-state index in [0.29, 0.717) is 13.2 Å². The zero-order valence-electron chi connectivity index (χ0n) is 10.7. The summed E-state index contributed by atoms with van der Waals surface area (Å²) in [5, 5.41) is 3.08. The summed E-state index contributed by atoms with van der Waals surface area (Å²) < 4.78 is 10.5. The molecule has 1 fully saturated rings. The molecule has 98 valence electrons. The summed E-state index contributed by atoms with van der Waals surface area (Å²) in [6.45, 7) is 1.38. The number of benzene rings is 1. The first-order valence-corrected chi connectivity index (χ1v) is 5.94. The van der Waals surface area contributed by atoms with Crippen LogP contribution in [-0.4, -0.2) is 45.9 Å². The highest BCUT2D eigenvalue weighted by Crippen LogP contribution is 2.24. The van der Waals surface area contributed by atoms with Gasteiger partial charge in [-0.1, -0.05) is 6.07 Å². The quantitative estimate of drug-likeness (QED) is 0.852. The molecule has 1 saturated heterocycles. The van der Waals surface area contributed by atoms with Gasteiger partial charge in [0.15, 0.2) is 0 Å². The van der Waals surface area contributed by atoms with Crippen LogP contribution in [-0.2, 0) is 9.53 Å². The molecule has 0 spiro atoms. The Morgan fingerprint density at radius 2 is 2.39 bits per heavy atom. The van der Waals surface area contributed by atoms with Crippen molar-refractivity contribution in [1.29, 1.82) is 0 Å². The Morgan fingerprint density at radius 3 is 3.11 bits per heavy atom. The molecular formula is C13H18N2O3. The molecule has 1 aliphatic heterocycles. The Morgan fingerprint density at radius 1 is 1.56 bits per heavy atom. The summed E-state index contributed by atoms with van der Waals surface area (Å²) in [6.07, 6.45) is 0. The van der Waals surface area contributed by atoms with E-state index in [1.165, 1.54) is 0 Å². The lowest BCUT2D eigenvalue weighted by Gasteiger charge is -2.35. The fraction of sp³-hybridized carbons (Fsp3) is 0.462. The van der Waals surface area contributed by atoms with Crippen LogP contribution >= 0.6 is 0 Å². The molecule has 1 N–H and O–H groups in total. The molecule has 5 heteroatoms. The molecule has 1 aliphatic rings. The molecule has 5 nitrogen and oxygen atoms in total. The molecule has 0 aliphatic carbocycles. The van der Waals surface area contributed by atoms with E-state index >= 15 is 0 Å². The van der Waals surface area contributed by atoms with Gasteiger partial charge < -0.3 is 19.7 Å². The molecular weight excluding hydrogens is 232 g/mol. The van der Waals surface area contributed by atoms with Crippen LogP contribution in [0.5, 0.6) is 5.75 Å². The van der Waals surface area contributed by atoms with Gasteiger partial charge in [0, 0.05) is 18.3 Å². The summed E-state index contributed by atoms with van der Waals surface area (Å²) in [5.74, 6) is 0.727. The average Bonchev–Trinajstić information content (AvgIpc) is 2.39. The zero-order chi connectivity index (χ0) is 13.0. The van der Waals surface area contributed by atoms with Crippen LogP contribution in [0.3, 0.4) is 0 Å². The number of morpholine rings is 1. The third kappa shape index (κ3) is 2.63. The van der Waals surface area contributed by atoms with Crippen molar-refractivity contribution in [3.05, 3.63) is 24.3 Å². The highest BCUT2D eigenvalue weighted by molar-refractivity contribution is 5.95. The third-order valence-electron chi connectivity index (χ3n) is 2.94. The topological polar surface area (TPSA) is 50.8 Å². The minimum Gasteiger partial charge on any atom is -0.497 e. The number of hydrogen-bond acceptors (Lipinski definition) is 4. The number of carbonyl (C=O) groups excluding carboxylic acids is 1. The second-order valence-corrected chi connectivity index (χ2v) is 4.19. The van der Waals surface area contributed by atoms with Gasteiger partial charge in [-0.15, -0.1) is 0 Å². The van der Waals surface area contributed by atoms with Gasteiger partial charge in [-0.3, -0.25) is 4.79 Å². The number of rotatable bonds is 4. The highest BCUT2D eigenvalue weighted by Gasteiger charge is 2.29. The van der Waals surface area contributed by atoms with E-state index in [1.807, 2.05) is 31.3 Å². The standard InChI is InChI=1S/C13H18N2O3/c1-14-7-11-8-18-9-13(16)15(11)10-4-3-5-12(6-10)17-2/h3-6,11,14H,7-9H2,1-2H3. The summed E-state index contributed by atoms with van der Waals surface area (Å²) in [4.78, 5) is 13.8. The lowest BCUT2D eigenvalue weighted by Crippen LogP contribution is -2.53. The summed E-state index contributed by atoms with van der Waals surface area (Å²) in [6, 6.07) is 7.54. The number of methoxy groups -OCH3 is 1. The predicted octanol–water partition coefficient (Wildman–Crippen LogP) is 0.646. The molecule has 1 heterocycles. The van der Waals surface area contributed by atoms with Crippen LogP contribution < -0.4 is 15.0 Å². The van der Waals surface area contributed by atoms with Gasteiger partial charge >= 0.3 is 0 Å². The fourth-order valence-corrected chi connectivity index (χ4v) is 2.13. The minimum absolute atomic E-state index is 0.0170. The van der Waals surface area contributed by atoms with Crippen LogP contribution in [0.2, 0.25) is 0 Å². The Labute approximate surface area is 107 Å².